The van der Waals surface area contributed by atoms with Crippen molar-refractivity contribution >= 4 is 6.09 Å². The number of aliphatic hydroxyl groups excluding tert-OH is 1. The Labute approximate surface area is 77.0 Å². The standard InChI is InChI=1S/C8H16FNO3/c1-8(2,3)10(7(12)13)4-6(9)5-11/h6,11H,4-5H2,1-3H3,(H,12,13)/t6-/m1/s1. The normalized spacial score (nSPS) is 13.9. The molecule has 0 aromatic heterocycles. The number of hydrogen-bond acceptors (Lipinski definition) is 2. The first kappa shape index (κ1) is 12.2. The van der Waals surface area contributed by atoms with Crippen LogP contribution in [0.4, 0.5) is 9.18 Å². The maximum atomic E-state index is 12.7. The van der Waals surface area contributed by atoms with Gasteiger partial charge in [0.15, 0.2) is 0 Å². The molecule has 0 aliphatic rings. The Kier molecular flexibility index (Phi) is 4.13. The van der Waals surface area contributed by atoms with Crippen molar-refractivity contribution in [2.24, 2.45) is 0 Å². The maximum Gasteiger partial charge on any atom is 0.407 e. The lowest BCUT2D eigenvalue weighted by Gasteiger charge is -2.33. The summed E-state index contributed by atoms with van der Waals surface area (Å²) in [4.78, 5) is 11.6. The number of carbonyl (C=O) groups is 1. The van der Waals surface area contributed by atoms with Gasteiger partial charge in [0.2, 0.25) is 0 Å². The minimum absolute atomic E-state index is 0.296. The van der Waals surface area contributed by atoms with E-state index in [2.05, 4.69) is 0 Å². The highest BCUT2D eigenvalue weighted by atomic mass is 19.1. The number of halogens is 1. The van der Waals surface area contributed by atoms with Gasteiger partial charge < -0.3 is 15.1 Å². The highest BCUT2D eigenvalue weighted by Crippen LogP contribution is 2.14. The van der Waals surface area contributed by atoms with Gasteiger partial charge >= 0.3 is 6.09 Å². The molecule has 0 aromatic rings. The minimum atomic E-state index is -1.52. The SMILES string of the molecule is CC(C)(C)N(C[C@@H](F)CO)C(=O)O. The predicted molar refractivity (Wildman–Crippen MR) is 46.5 cm³/mol. The molecule has 0 unspecified atom stereocenters. The van der Waals surface area contributed by atoms with E-state index in [0.29, 0.717) is 0 Å². The number of aliphatic hydroxyl groups is 1. The third kappa shape index (κ3) is 4.07. The summed E-state index contributed by atoms with van der Waals surface area (Å²) < 4.78 is 12.7. The summed E-state index contributed by atoms with van der Waals surface area (Å²) in [6.07, 6.45) is -2.70. The molecule has 2 N–H and O–H groups in total. The van der Waals surface area contributed by atoms with E-state index in [1.165, 1.54) is 0 Å². The molecule has 0 rings (SSSR count). The molecule has 78 valence electrons. The van der Waals surface area contributed by atoms with E-state index in [4.69, 9.17) is 10.2 Å². The molecular formula is C8H16FNO3. The monoisotopic (exact) mass is 193 g/mol. The second-order valence-electron chi connectivity index (χ2n) is 3.84. The first-order valence-electron chi connectivity index (χ1n) is 4.04. The van der Waals surface area contributed by atoms with Crippen LogP contribution < -0.4 is 0 Å². The molecule has 0 aliphatic heterocycles. The zero-order valence-corrected chi connectivity index (χ0v) is 8.12. The van der Waals surface area contributed by atoms with Gasteiger partial charge in [0.25, 0.3) is 0 Å². The molecule has 1 atom stereocenters. The number of carboxylic acid groups (broad SMARTS) is 1. The second kappa shape index (κ2) is 4.41. The Morgan fingerprint density at radius 2 is 2.00 bits per heavy atom. The van der Waals surface area contributed by atoms with Gasteiger partial charge in [0.05, 0.1) is 13.2 Å². The fourth-order valence-electron chi connectivity index (χ4n) is 0.895. The highest BCUT2D eigenvalue weighted by Gasteiger charge is 2.28. The molecule has 0 bridgehead atoms. The maximum absolute atomic E-state index is 12.7. The van der Waals surface area contributed by atoms with E-state index >= 15 is 0 Å². The van der Waals surface area contributed by atoms with Gasteiger partial charge in [-0.2, -0.15) is 0 Å². The lowest BCUT2D eigenvalue weighted by Crippen LogP contribution is -2.48. The van der Waals surface area contributed by atoms with Crippen molar-refractivity contribution in [3.8, 4) is 0 Å². The van der Waals surface area contributed by atoms with Crippen molar-refractivity contribution in [2.45, 2.75) is 32.5 Å². The average Bonchev–Trinajstić information content (AvgIpc) is 1.96. The van der Waals surface area contributed by atoms with Gasteiger partial charge in [-0.1, -0.05) is 0 Å². The van der Waals surface area contributed by atoms with Crippen molar-refractivity contribution in [1.29, 1.82) is 0 Å². The zero-order valence-electron chi connectivity index (χ0n) is 8.12. The number of nitrogens with zero attached hydrogens (tertiary/aromatic N) is 1. The van der Waals surface area contributed by atoms with E-state index < -0.39 is 24.4 Å². The van der Waals surface area contributed by atoms with Crippen LogP contribution in [0.3, 0.4) is 0 Å². The molecule has 13 heavy (non-hydrogen) atoms. The average molecular weight is 193 g/mol. The quantitative estimate of drug-likeness (QED) is 0.705. The lowest BCUT2D eigenvalue weighted by atomic mass is 10.1. The number of hydrogen-bond donors (Lipinski definition) is 2. The topological polar surface area (TPSA) is 60.8 Å². The van der Waals surface area contributed by atoms with E-state index in [-0.39, 0.29) is 6.54 Å². The van der Waals surface area contributed by atoms with Crippen LogP contribution >= 0.6 is 0 Å². The Morgan fingerprint density at radius 1 is 1.54 bits per heavy atom. The van der Waals surface area contributed by atoms with Crippen LogP contribution in [0.25, 0.3) is 0 Å². The first-order chi connectivity index (χ1) is 5.79. The third-order valence-electron chi connectivity index (χ3n) is 1.62. The highest BCUT2D eigenvalue weighted by molar-refractivity contribution is 5.66. The van der Waals surface area contributed by atoms with Crippen LogP contribution in [0.2, 0.25) is 0 Å². The molecule has 0 fully saturated rings. The predicted octanol–water partition coefficient (Wildman–Crippen LogP) is 1.10. The van der Waals surface area contributed by atoms with Gasteiger partial charge in [0.1, 0.15) is 6.17 Å². The van der Waals surface area contributed by atoms with E-state index in [9.17, 15) is 9.18 Å². The van der Waals surface area contributed by atoms with Gasteiger partial charge in [-0.3, -0.25) is 0 Å². The van der Waals surface area contributed by atoms with E-state index in [1.54, 1.807) is 20.8 Å². The molecule has 5 heteroatoms. The molecule has 0 heterocycles. The number of alkyl halides is 1. The Balaban J connectivity index is 4.37. The molecule has 4 nitrogen and oxygen atoms in total. The van der Waals surface area contributed by atoms with Crippen molar-refractivity contribution in [2.75, 3.05) is 13.2 Å². The summed E-state index contributed by atoms with van der Waals surface area (Å²) in [7, 11) is 0. The smallest absolute Gasteiger partial charge is 0.407 e. The molecule has 0 spiro atoms. The lowest BCUT2D eigenvalue weighted by molar-refractivity contribution is 0.0657. The molecule has 0 saturated carbocycles. The van der Waals surface area contributed by atoms with Crippen LogP contribution in [0.5, 0.6) is 0 Å². The van der Waals surface area contributed by atoms with Crippen molar-refractivity contribution in [3.63, 3.8) is 0 Å². The van der Waals surface area contributed by atoms with Gasteiger partial charge in [-0.15, -0.1) is 0 Å². The van der Waals surface area contributed by atoms with Crippen molar-refractivity contribution < 1.29 is 19.4 Å². The van der Waals surface area contributed by atoms with E-state index in [0.717, 1.165) is 4.90 Å². The molecular weight excluding hydrogens is 177 g/mol. The Bertz CT molecular complexity index is 179. The van der Waals surface area contributed by atoms with Crippen LogP contribution in [0, 0.1) is 0 Å². The largest absolute Gasteiger partial charge is 0.465 e. The fourth-order valence-corrected chi connectivity index (χ4v) is 0.895. The van der Waals surface area contributed by atoms with Crippen LogP contribution in [-0.2, 0) is 0 Å². The number of rotatable bonds is 3. The minimum Gasteiger partial charge on any atom is -0.465 e. The number of amides is 1. The molecule has 1 amide bonds. The van der Waals surface area contributed by atoms with Gasteiger partial charge in [-0.05, 0) is 20.8 Å². The molecule has 0 aromatic carbocycles. The second-order valence-corrected chi connectivity index (χ2v) is 3.84. The summed E-state index contributed by atoms with van der Waals surface area (Å²) in [6, 6.07) is 0. The third-order valence-corrected chi connectivity index (χ3v) is 1.62. The Morgan fingerprint density at radius 3 is 2.23 bits per heavy atom. The van der Waals surface area contributed by atoms with Gasteiger partial charge in [-0.25, -0.2) is 9.18 Å². The van der Waals surface area contributed by atoms with Crippen molar-refractivity contribution in [3.05, 3.63) is 0 Å². The fraction of sp³-hybridized carbons (Fsp3) is 0.875. The summed E-state index contributed by atoms with van der Waals surface area (Å²) in [5, 5.41) is 17.2. The molecule has 0 saturated heterocycles. The van der Waals surface area contributed by atoms with Crippen LogP contribution in [-0.4, -0.2) is 46.1 Å². The molecule has 0 radical (unpaired) electrons. The van der Waals surface area contributed by atoms with Crippen LogP contribution in [0.15, 0.2) is 0 Å². The first-order valence-corrected chi connectivity index (χ1v) is 4.04. The summed E-state index contributed by atoms with van der Waals surface area (Å²) in [5.41, 5.74) is -0.647. The van der Waals surface area contributed by atoms with Crippen molar-refractivity contribution in [1.82, 2.24) is 4.90 Å². The van der Waals surface area contributed by atoms with E-state index in [1.807, 2.05) is 0 Å². The Hall–Kier alpha value is -0.840. The zero-order chi connectivity index (χ0) is 10.6. The van der Waals surface area contributed by atoms with Gasteiger partial charge in [0, 0.05) is 5.54 Å². The summed E-state index contributed by atoms with van der Waals surface area (Å²) in [6.45, 7) is 4.07. The van der Waals surface area contributed by atoms with Crippen LogP contribution in [0.1, 0.15) is 20.8 Å². The summed E-state index contributed by atoms with van der Waals surface area (Å²) in [5.74, 6) is 0. The summed E-state index contributed by atoms with van der Waals surface area (Å²) >= 11 is 0. The molecule has 0 aliphatic carbocycles.